The molecule has 0 saturated heterocycles. The lowest BCUT2D eigenvalue weighted by Gasteiger charge is -1.98. The van der Waals surface area contributed by atoms with Gasteiger partial charge in [-0.1, -0.05) is 23.7 Å². The largest absolute Gasteiger partial charge is 0.396 e. The molecule has 1 fully saturated rings. The summed E-state index contributed by atoms with van der Waals surface area (Å²) < 4.78 is 0. The topological polar surface area (TPSA) is 20.2 Å². The van der Waals surface area contributed by atoms with Crippen LogP contribution < -0.4 is 0 Å². The van der Waals surface area contributed by atoms with Gasteiger partial charge in [-0.2, -0.15) is 0 Å². The number of aliphatic hydroxyl groups excluding tert-OH is 1. The Morgan fingerprint density at radius 2 is 2.33 bits per heavy atom. The monoisotopic (exact) mass is 182 g/mol. The molecule has 0 radical (unpaired) electrons. The molecule has 1 nitrogen and oxygen atoms in total. The van der Waals surface area contributed by atoms with Crippen molar-refractivity contribution in [3.63, 3.8) is 0 Å². The number of halogens is 1. The quantitative estimate of drug-likeness (QED) is 0.745. The maximum absolute atomic E-state index is 8.87. The molecule has 1 aliphatic carbocycles. The third kappa shape index (κ3) is 1.47. The third-order valence-electron chi connectivity index (χ3n) is 2.43. The van der Waals surface area contributed by atoms with Gasteiger partial charge in [0.25, 0.3) is 0 Å². The van der Waals surface area contributed by atoms with Crippen molar-refractivity contribution in [3.8, 4) is 0 Å². The normalized spacial score (nSPS) is 27.2. The fourth-order valence-electron chi connectivity index (χ4n) is 1.59. The van der Waals surface area contributed by atoms with E-state index in [0.717, 1.165) is 11.4 Å². The Kier molecular flexibility index (Phi) is 2.07. The minimum Gasteiger partial charge on any atom is -0.396 e. The van der Waals surface area contributed by atoms with Gasteiger partial charge in [0, 0.05) is 11.6 Å². The zero-order valence-electron chi connectivity index (χ0n) is 6.70. The molecule has 1 N–H and O–H groups in total. The van der Waals surface area contributed by atoms with Crippen molar-refractivity contribution in [3.05, 3.63) is 34.9 Å². The summed E-state index contributed by atoms with van der Waals surface area (Å²) in [6.07, 6.45) is 1.11. The lowest BCUT2D eigenvalue weighted by atomic mass is 10.1. The van der Waals surface area contributed by atoms with Crippen molar-refractivity contribution in [2.45, 2.75) is 12.3 Å². The average Bonchev–Trinajstić information content (AvgIpc) is 2.83. The lowest BCUT2D eigenvalue weighted by Crippen LogP contribution is -1.88. The molecule has 2 heteroatoms. The predicted molar refractivity (Wildman–Crippen MR) is 49.4 cm³/mol. The van der Waals surface area contributed by atoms with E-state index in [0.29, 0.717) is 18.4 Å². The van der Waals surface area contributed by atoms with Crippen LogP contribution in [0, 0.1) is 5.92 Å². The summed E-state index contributed by atoms with van der Waals surface area (Å²) >= 11 is 5.85. The molecule has 1 aromatic rings. The summed E-state index contributed by atoms with van der Waals surface area (Å²) in [5.41, 5.74) is 1.27. The van der Waals surface area contributed by atoms with Crippen molar-refractivity contribution in [1.82, 2.24) is 0 Å². The highest BCUT2D eigenvalue weighted by Gasteiger charge is 2.37. The van der Waals surface area contributed by atoms with Crippen molar-refractivity contribution >= 4 is 11.6 Å². The van der Waals surface area contributed by atoms with Gasteiger partial charge in [-0.3, -0.25) is 0 Å². The smallest absolute Gasteiger partial charge is 0.0465 e. The molecule has 1 aliphatic rings. The summed E-state index contributed by atoms with van der Waals surface area (Å²) in [5.74, 6) is 1.03. The van der Waals surface area contributed by atoms with Crippen LogP contribution in [0.15, 0.2) is 24.3 Å². The molecule has 0 spiro atoms. The van der Waals surface area contributed by atoms with E-state index >= 15 is 0 Å². The summed E-state index contributed by atoms with van der Waals surface area (Å²) in [5, 5.41) is 9.66. The van der Waals surface area contributed by atoms with Crippen LogP contribution in [-0.4, -0.2) is 11.7 Å². The van der Waals surface area contributed by atoms with Crippen LogP contribution in [-0.2, 0) is 0 Å². The third-order valence-corrected chi connectivity index (χ3v) is 2.67. The van der Waals surface area contributed by atoms with Crippen LogP contribution in [0.2, 0.25) is 5.02 Å². The molecule has 0 bridgehead atoms. The Balaban J connectivity index is 2.14. The van der Waals surface area contributed by atoms with Crippen molar-refractivity contribution in [2.24, 2.45) is 5.92 Å². The highest BCUT2D eigenvalue weighted by atomic mass is 35.5. The minimum absolute atomic E-state index is 0.303. The highest BCUT2D eigenvalue weighted by molar-refractivity contribution is 6.30. The van der Waals surface area contributed by atoms with Gasteiger partial charge in [0.2, 0.25) is 0 Å². The van der Waals surface area contributed by atoms with Gasteiger partial charge >= 0.3 is 0 Å². The van der Waals surface area contributed by atoms with Gasteiger partial charge in [-0.05, 0) is 36.0 Å². The molecule has 0 heterocycles. The minimum atomic E-state index is 0.303. The van der Waals surface area contributed by atoms with E-state index in [1.165, 1.54) is 5.56 Å². The first kappa shape index (κ1) is 8.09. The zero-order valence-corrected chi connectivity index (χ0v) is 7.46. The predicted octanol–water partition coefficient (Wildman–Crippen LogP) is 2.44. The Morgan fingerprint density at radius 1 is 1.50 bits per heavy atom. The van der Waals surface area contributed by atoms with Gasteiger partial charge in [-0.25, -0.2) is 0 Å². The van der Waals surface area contributed by atoms with E-state index in [4.69, 9.17) is 16.7 Å². The number of rotatable bonds is 2. The van der Waals surface area contributed by atoms with E-state index < -0.39 is 0 Å². The molecule has 0 aliphatic heterocycles. The maximum atomic E-state index is 8.87. The maximum Gasteiger partial charge on any atom is 0.0465 e. The second-order valence-corrected chi connectivity index (χ2v) is 3.78. The molecule has 2 atom stereocenters. The molecule has 1 aromatic carbocycles. The fourth-order valence-corrected chi connectivity index (χ4v) is 1.79. The summed E-state index contributed by atoms with van der Waals surface area (Å²) in [6.45, 7) is 0.303. The van der Waals surface area contributed by atoms with Crippen LogP contribution >= 0.6 is 11.6 Å². The highest BCUT2D eigenvalue weighted by Crippen LogP contribution is 2.47. The molecular weight excluding hydrogens is 172 g/mol. The first-order valence-electron chi connectivity index (χ1n) is 4.17. The van der Waals surface area contributed by atoms with Crippen LogP contribution in [0.5, 0.6) is 0 Å². The Bertz CT molecular complexity index is 285. The van der Waals surface area contributed by atoms with Crippen LogP contribution in [0.4, 0.5) is 0 Å². The van der Waals surface area contributed by atoms with Crippen molar-refractivity contribution < 1.29 is 5.11 Å². The van der Waals surface area contributed by atoms with E-state index in [2.05, 4.69) is 6.07 Å². The molecule has 64 valence electrons. The SMILES string of the molecule is OC[C@@H]1C[C@H]1c1cccc(Cl)c1. The second-order valence-electron chi connectivity index (χ2n) is 3.34. The van der Waals surface area contributed by atoms with Gasteiger partial charge in [0.1, 0.15) is 0 Å². The van der Waals surface area contributed by atoms with Crippen LogP contribution in [0.1, 0.15) is 17.9 Å². The van der Waals surface area contributed by atoms with E-state index in [9.17, 15) is 0 Å². The molecule has 0 unspecified atom stereocenters. The van der Waals surface area contributed by atoms with E-state index in [1.54, 1.807) is 0 Å². The molecule has 2 rings (SSSR count). The standard InChI is InChI=1S/C10H11ClO/c11-9-3-1-2-7(4-9)10-5-8(10)6-12/h1-4,8,10,12H,5-6H2/t8-,10-/m0/s1. The van der Waals surface area contributed by atoms with Crippen LogP contribution in [0.25, 0.3) is 0 Å². The summed E-state index contributed by atoms with van der Waals surface area (Å²) in [6, 6.07) is 7.90. The first-order chi connectivity index (χ1) is 5.81. The van der Waals surface area contributed by atoms with E-state index in [-0.39, 0.29) is 0 Å². The summed E-state index contributed by atoms with van der Waals surface area (Å²) in [4.78, 5) is 0. The number of hydrogen-bond donors (Lipinski definition) is 1. The Hall–Kier alpha value is -0.530. The molecule has 0 amide bonds. The number of hydrogen-bond acceptors (Lipinski definition) is 1. The Labute approximate surface area is 77.0 Å². The van der Waals surface area contributed by atoms with Crippen molar-refractivity contribution in [2.75, 3.05) is 6.61 Å². The molecule has 0 aromatic heterocycles. The molecule has 12 heavy (non-hydrogen) atoms. The summed E-state index contributed by atoms with van der Waals surface area (Å²) in [7, 11) is 0. The van der Waals surface area contributed by atoms with Gasteiger partial charge in [0.15, 0.2) is 0 Å². The van der Waals surface area contributed by atoms with E-state index in [1.807, 2.05) is 18.2 Å². The van der Waals surface area contributed by atoms with Crippen molar-refractivity contribution in [1.29, 1.82) is 0 Å². The lowest BCUT2D eigenvalue weighted by molar-refractivity contribution is 0.274. The van der Waals surface area contributed by atoms with Gasteiger partial charge in [-0.15, -0.1) is 0 Å². The molecule has 1 saturated carbocycles. The number of aliphatic hydroxyl groups is 1. The first-order valence-corrected chi connectivity index (χ1v) is 4.55. The van der Waals surface area contributed by atoms with Gasteiger partial charge in [0.05, 0.1) is 0 Å². The van der Waals surface area contributed by atoms with Gasteiger partial charge < -0.3 is 5.11 Å². The zero-order chi connectivity index (χ0) is 8.55. The van der Waals surface area contributed by atoms with Crippen LogP contribution in [0.3, 0.4) is 0 Å². The Morgan fingerprint density at radius 3 is 2.92 bits per heavy atom. The fraction of sp³-hybridized carbons (Fsp3) is 0.400. The second kappa shape index (κ2) is 3.08. The number of benzene rings is 1. The average molecular weight is 183 g/mol. The molecular formula is C10H11ClO.